The number of aliphatic carboxylic acids is 1. The number of hydrogen-bond donors (Lipinski definition) is 1. The van der Waals surface area contributed by atoms with Crippen LogP contribution in [-0.2, 0) is 24.1 Å². The lowest BCUT2D eigenvalue weighted by Crippen LogP contribution is -2.21. The minimum Gasteiger partial charge on any atom is -0.481 e. The molecule has 0 saturated carbocycles. The molecule has 4 nitrogen and oxygen atoms in total. The number of nitrogens with zero attached hydrogens (tertiary/aromatic N) is 1. The fraction of sp³-hybridized carbons (Fsp3) is 0.667. The summed E-state index contributed by atoms with van der Waals surface area (Å²) in [6.07, 6.45) is 2.73. The molecule has 16 heavy (non-hydrogen) atoms. The van der Waals surface area contributed by atoms with Gasteiger partial charge in [0.1, 0.15) is 5.76 Å². The summed E-state index contributed by atoms with van der Waals surface area (Å²) < 4.78 is 5.62. The van der Waals surface area contributed by atoms with Gasteiger partial charge in [-0.25, -0.2) is 4.98 Å². The second-order valence-electron chi connectivity index (χ2n) is 4.85. The molecule has 0 radical (unpaired) electrons. The van der Waals surface area contributed by atoms with Gasteiger partial charge >= 0.3 is 5.97 Å². The first-order valence-corrected chi connectivity index (χ1v) is 5.76. The molecule has 0 bridgehead atoms. The van der Waals surface area contributed by atoms with E-state index >= 15 is 0 Å². The second kappa shape index (κ2) is 4.28. The highest BCUT2D eigenvalue weighted by atomic mass is 16.4. The Morgan fingerprint density at radius 1 is 1.62 bits per heavy atom. The average molecular weight is 223 g/mol. The Morgan fingerprint density at radius 2 is 2.38 bits per heavy atom. The van der Waals surface area contributed by atoms with Gasteiger partial charge in [-0.2, -0.15) is 0 Å². The lowest BCUT2D eigenvalue weighted by Gasteiger charge is -2.15. The number of carbonyl (C=O) groups is 1. The maximum Gasteiger partial charge on any atom is 0.306 e. The van der Waals surface area contributed by atoms with E-state index < -0.39 is 5.97 Å². The van der Waals surface area contributed by atoms with Crippen molar-refractivity contribution in [1.82, 2.24) is 4.98 Å². The topological polar surface area (TPSA) is 63.3 Å². The normalized spacial score (nSPS) is 19.8. The maximum atomic E-state index is 10.9. The van der Waals surface area contributed by atoms with Crippen LogP contribution in [0.1, 0.15) is 37.6 Å². The van der Waals surface area contributed by atoms with Crippen molar-refractivity contribution in [3.8, 4) is 0 Å². The summed E-state index contributed by atoms with van der Waals surface area (Å²) >= 11 is 0. The molecule has 88 valence electrons. The van der Waals surface area contributed by atoms with Crippen LogP contribution >= 0.6 is 0 Å². The van der Waals surface area contributed by atoms with Crippen LogP contribution in [0.4, 0.5) is 0 Å². The van der Waals surface area contributed by atoms with Crippen molar-refractivity contribution in [1.29, 1.82) is 0 Å². The first kappa shape index (κ1) is 11.2. The van der Waals surface area contributed by atoms with E-state index in [2.05, 4.69) is 18.8 Å². The van der Waals surface area contributed by atoms with Gasteiger partial charge in [-0.15, -0.1) is 0 Å². The van der Waals surface area contributed by atoms with Gasteiger partial charge in [0.05, 0.1) is 11.6 Å². The van der Waals surface area contributed by atoms with E-state index in [1.165, 1.54) is 0 Å². The summed E-state index contributed by atoms with van der Waals surface area (Å²) in [5, 5.41) is 8.95. The molecule has 1 aliphatic rings. The molecule has 4 heteroatoms. The van der Waals surface area contributed by atoms with Crippen LogP contribution in [0.5, 0.6) is 0 Å². The SMILES string of the molecule is CC(C)Cc1nc2c(o1)CC(C(=O)O)CC2. The Bertz CT molecular complexity index is 395. The molecule has 1 heterocycles. The molecule has 1 unspecified atom stereocenters. The van der Waals surface area contributed by atoms with Gasteiger partial charge in [-0.1, -0.05) is 13.8 Å². The standard InChI is InChI=1S/C12H17NO3/c1-7(2)5-11-13-9-4-3-8(12(14)15)6-10(9)16-11/h7-8H,3-6H2,1-2H3,(H,14,15). The maximum absolute atomic E-state index is 10.9. The number of rotatable bonds is 3. The molecule has 0 saturated heterocycles. The van der Waals surface area contributed by atoms with E-state index in [0.717, 1.165) is 30.2 Å². The Kier molecular flexibility index (Phi) is 2.99. The van der Waals surface area contributed by atoms with Crippen molar-refractivity contribution < 1.29 is 14.3 Å². The van der Waals surface area contributed by atoms with E-state index in [9.17, 15) is 4.79 Å². The van der Waals surface area contributed by atoms with E-state index in [1.54, 1.807) is 0 Å². The van der Waals surface area contributed by atoms with E-state index in [1.807, 2.05) is 0 Å². The highest BCUT2D eigenvalue weighted by Crippen LogP contribution is 2.26. The van der Waals surface area contributed by atoms with Crippen LogP contribution in [0, 0.1) is 11.8 Å². The number of carboxylic acid groups (broad SMARTS) is 1. The predicted molar refractivity (Wildman–Crippen MR) is 58.2 cm³/mol. The van der Waals surface area contributed by atoms with Crippen LogP contribution in [0.15, 0.2) is 4.42 Å². The molecule has 1 aromatic heterocycles. The van der Waals surface area contributed by atoms with Crippen molar-refractivity contribution in [2.24, 2.45) is 11.8 Å². The van der Waals surface area contributed by atoms with Crippen molar-refractivity contribution in [2.45, 2.75) is 39.5 Å². The number of hydrogen-bond acceptors (Lipinski definition) is 3. The zero-order valence-electron chi connectivity index (χ0n) is 9.69. The molecule has 1 N–H and O–H groups in total. The molecule has 0 fully saturated rings. The predicted octanol–water partition coefficient (Wildman–Crippen LogP) is 2.06. The second-order valence-corrected chi connectivity index (χ2v) is 4.85. The molecule has 0 aliphatic heterocycles. The van der Waals surface area contributed by atoms with Crippen molar-refractivity contribution in [3.63, 3.8) is 0 Å². The smallest absolute Gasteiger partial charge is 0.306 e. The number of oxazole rings is 1. The zero-order valence-corrected chi connectivity index (χ0v) is 9.69. The molecular formula is C12H17NO3. The van der Waals surface area contributed by atoms with Crippen molar-refractivity contribution in [2.75, 3.05) is 0 Å². The Morgan fingerprint density at radius 3 is 3.00 bits per heavy atom. The Hall–Kier alpha value is -1.32. The van der Waals surface area contributed by atoms with Crippen LogP contribution < -0.4 is 0 Å². The van der Waals surface area contributed by atoms with Gasteiger partial charge in [-0.05, 0) is 18.8 Å². The first-order chi connectivity index (χ1) is 7.56. The van der Waals surface area contributed by atoms with Gasteiger partial charge in [0.15, 0.2) is 5.89 Å². The average Bonchev–Trinajstić information content (AvgIpc) is 2.56. The van der Waals surface area contributed by atoms with Gasteiger partial charge in [0.25, 0.3) is 0 Å². The largest absolute Gasteiger partial charge is 0.481 e. The van der Waals surface area contributed by atoms with Crippen LogP contribution in [0.3, 0.4) is 0 Å². The molecule has 1 aliphatic carbocycles. The van der Waals surface area contributed by atoms with E-state index in [4.69, 9.17) is 9.52 Å². The monoisotopic (exact) mass is 223 g/mol. The molecule has 0 spiro atoms. The van der Waals surface area contributed by atoms with Gasteiger partial charge in [0, 0.05) is 12.8 Å². The summed E-state index contributed by atoms with van der Waals surface area (Å²) in [4.78, 5) is 15.3. The summed E-state index contributed by atoms with van der Waals surface area (Å²) in [6, 6.07) is 0. The summed E-state index contributed by atoms with van der Waals surface area (Å²) in [5.41, 5.74) is 0.966. The lowest BCUT2D eigenvalue weighted by atomic mass is 9.91. The van der Waals surface area contributed by atoms with Gasteiger partial charge < -0.3 is 9.52 Å². The number of aromatic nitrogens is 1. The third-order valence-corrected chi connectivity index (χ3v) is 2.92. The summed E-state index contributed by atoms with van der Waals surface area (Å²) in [7, 11) is 0. The minimum absolute atomic E-state index is 0.299. The molecule has 0 aromatic carbocycles. The van der Waals surface area contributed by atoms with Crippen LogP contribution in [0.2, 0.25) is 0 Å². The fourth-order valence-corrected chi connectivity index (χ4v) is 2.08. The zero-order chi connectivity index (χ0) is 11.7. The van der Waals surface area contributed by atoms with Gasteiger partial charge in [0.2, 0.25) is 0 Å². The van der Waals surface area contributed by atoms with Crippen molar-refractivity contribution in [3.05, 3.63) is 17.3 Å². The summed E-state index contributed by atoms with van der Waals surface area (Å²) in [6.45, 7) is 4.23. The molecule has 2 rings (SSSR count). The summed E-state index contributed by atoms with van der Waals surface area (Å²) in [5.74, 6) is 1.02. The fourth-order valence-electron chi connectivity index (χ4n) is 2.08. The Labute approximate surface area is 94.7 Å². The highest BCUT2D eigenvalue weighted by molar-refractivity contribution is 5.70. The number of carboxylic acids is 1. The quantitative estimate of drug-likeness (QED) is 0.852. The highest BCUT2D eigenvalue weighted by Gasteiger charge is 2.28. The van der Waals surface area contributed by atoms with Crippen molar-refractivity contribution >= 4 is 5.97 Å². The minimum atomic E-state index is -0.729. The van der Waals surface area contributed by atoms with E-state index in [0.29, 0.717) is 18.8 Å². The number of fused-ring (bicyclic) bond motifs is 1. The molecule has 1 aromatic rings. The van der Waals surface area contributed by atoms with Crippen LogP contribution in [-0.4, -0.2) is 16.1 Å². The van der Waals surface area contributed by atoms with E-state index in [-0.39, 0.29) is 5.92 Å². The van der Waals surface area contributed by atoms with Crippen LogP contribution in [0.25, 0.3) is 0 Å². The molecule has 0 amide bonds. The third kappa shape index (κ3) is 2.26. The third-order valence-electron chi connectivity index (χ3n) is 2.92. The molecular weight excluding hydrogens is 206 g/mol. The molecule has 1 atom stereocenters. The Balaban J connectivity index is 2.13. The lowest BCUT2D eigenvalue weighted by molar-refractivity contribution is -0.142. The number of aryl methyl sites for hydroxylation is 1. The first-order valence-electron chi connectivity index (χ1n) is 5.76. The van der Waals surface area contributed by atoms with Gasteiger partial charge in [-0.3, -0.25) is 4.79 Å².